The third-order valence-corrected chi connectivity index (χ3v) is 5.10. The molecule has 1 heterocycles. The molecule has 1 aliphatic heterocycles. The average Bonchev–Trinajstić information content (AvgIpc) is 2.42. The molecule has 1 fully saturated rings. The Morgan fingerprint density at radius 2 is 1.44 bits per heavy atom. The minimum Gasteiger partial charge on any atom is -0.487 e. The number of benzene rings is 1. The number of nitrogens with zero attached hydrogens (tertiary/aromatic N) is 1. The first-order chi connectivity index (χ1) is 12.3. The van der Waals surface area contributed by atoms with E-state index < -0.39 is 0 Å². The Hall–Kier alpha value is -1.06. The van der Waals surface area contributed by atoms with Crippen LogP contribution in [0.2, 0.25) is 0 Å². The molecule has 27 heavy (non-hydrogen) atoms. The van der Waals surface area contributed by atoms with Crippen LogP contribution in [0.3, 0.4) is 0 Å². The molecule has 1 aromatic carbocycles. The second-order valence-electron chi connectivity index (χ2n) is 11.0. The Morgan fingerprint density at radius 1 is 0.926 bits per heavy atom. The van der Waals surface area contributed by atoms with Gasteiger partial charge in [0.15, 0.2) is 0 Å². The summed E-state index contributed by atoms with van der Waals surface area (Å²) in [6.07, 6.45) is 1.72. The SMILES string of the molecule is CC1CN(CC(C)(C)Oc2ccc(C(C)(C)CC(C)(C)C)cc2)CC(C)O1. The first-order valence-electron chi connectivity index (χ1n) is 10.4. The van der Waals surface area contributed by atoms with Gasteiger partial charge in [-0.15, -0.1) is 0 Å². The third kappa shape index (κ3) is 7.12. The van der Waals surface area contributed by atoms with Gasteiger partial charge in [0.25, 0.3) is 0 Å². The second kappa shape index (κ2) is 8.13. The summed E-state index contributed by atoms with van der Waals surface area (Å²) in [7, 11) is 0. The van der Waals surface area contributed by atoms with Crippen LogP contribution in [0.15, 0.2) is 24.3 Å². The molecule has 1 saturated heterocycles. The van der Waals surface area contributed by atoms with Gasteiger partial charge in [-0.25, -0.2) is 0 Å². The van der Waals surface area contributed by atoms with E-state index >= 15 is 0 Å². The fourth-order valence-corrected chi connectivity index (χ4v) is 4.71. The molecule has 0 aromatic heterocycles. The maximum absolute atomic E-state index is 6.36. The van der Waals surface area contributed by atoms with E-state index in [1.54, 1.807) is 0 Å². The molecule has 0 spiro atoms. The van der Waals surface area contributed by atoms with E-state index in [0.29, 0.717) is 5.41 Å². The van der Waals surface area contributed by atoms with E-state index in [1.165, 1.54) is 5.56 Å². The highest BCUT2D eigenvalue weighted by molar-refractivity contribution is 5.32. The summed E-state index contributed by atoms with van der Waals surface area (Å²) < 4.78 is 12.2. The van der Waals surface area contributed by atoms with Crippen LogP contribution in [0, 0.1) is 5.41 Å². The standard InChI is InChI=1S/C24H41NO2/c1-18-14-25(15-19(2)26-18)17-24(8,9)27-21-12-10-20(11-13-21)23(6,7)16-22(3,4)5/h10-13,18-19H,14-17H2,1-9H3. The average molecular weight is 376 g/mol. The van der Waals surface area contributed by atoms with Crippen molar-refractivity contribution < 1.29 is 9.47 Å². The molecule has 2 unspecified atom stereocenters. The highest BCUT2D eigenvalue weighted by atomic mass is 16.5. The normalized spacial score (nSPS) is 22.7. The van der Waals surface area contributed by atoms with E-state index in [4.69, 9.17) is 9.47 Å². The van der Waals surface area contributed by atoms with Gasteiger partial charge in [0, 0.05) is 19.6 Å². The topological polar surface area (TPSA) is 21.7 Å². The molecule has 0 radical (unpaired) electrons. The van der Waals surface area contributed by atoms with E-state index in [-0.39, 0.29) is 23.2 Å². The Bertz CT molecular complexity index is 588. The predicted molar refractivity (Wildman–Crippen MR) is 115 cm³/mol. The van der Waals surface area contributed by atoms with Crippen LogP contribution in [0.25, 0.3) is 0 Å². The lowest BCUT2D eigenvalue weighted by atomic mass is 9.72. The Labute approximate surface area is 167 Å². The maximum Gasteiger partial charge on any atom is 0.120 e. The molecule has 154 valence electrons. The summed E-state index contributed by atoms with van der Waals surface area (Å²) in [5.41, 5.74) is 1.61. The van der Waals surface area contributed by atoms with Crippen LogP contribution in [0.5, 0.6) is 5.75 Å². The van der Waals surface area contributed by atoms with Crippen molar-refractivity contribution in [2.75, 3.05) is 19.6 Å². The molecule has 0 bridgehead atoms. The Balaban J connectivity index is 2.00. The quantitative estimate of drug-likeness (QED) is 0.640. The Morgan fingerprint density at radius 3 is 1.93 bits per heavy atom. The van der Waals surface area contributed by atoms with Crippen LogP contribution in [-0.2, 0) is 10.2 Å². The molecule has 0 amide bonds. The van der Waals surface area contributed by atoms with Gasteiger partial charge in [-0.3, -0.25) is 4.90 Å². The van der Waals surface area contributed by atoms with Gasteiger partial charge in [-0.05, 0) is 62.6 Å². The van der Waals surface area contributed by atoms with Gasteiger partial charge in [-0.1, -0.05) is 46.8 Å². The molecule has 0 saturated carbocycles. The number of hydrogen-bond acceptors (Lipinski definition) is 3. The molecule has 2 rings (SSSR count). The zero-order valence-electron chi connectivity index (χ0n) is 19.1. The summed E-state index contributed by atoms with van der Waals surface area (Å²) in [4.78, 5) is 2.46. The summed E-state index contributed by atoms with van der Waals surface area (Å²) in [5.74, 6) is 0.949. The van der Waals surface area contributed by atoms with Crippen molar-refractivity contribution in [2.24, 2.45) is 5.41 Å². The van der Waals surface area contributed by atoms with Gasteiger partial charge in [0.1, 0.15) is 11.4 Å². The largest absolute Gasteiger partial charge is 0.487 e. The minimum atomic E-state index is -0.237. The second-order valence-corrected chi connectivity index (χ2v) is 11.0. The first-order valence-corrected chi connectivity index (χ1v) is 10.4. The van der Waals surface area contributed by atoms with Crippen LogP contribution in [-0.4, -0.2) is 42.3 Å². The zero-order valence-corrected chi connectivity index (χ0v) is 19.1. The minimum absolute atomic E-state index is 0.159. The maximum atomic E-state index is 6.36. The molecule has 3 heteroatoms. The third-order valence-electron chi connectivity index (χ3n) is 5.10. The van der Waals surface area contributed by atoms with Crippen molar-refractivity contribution in [3.8, 4) is 5.75 Å². The Kier molecular flexibility index (Phi) is 6.69. The molecule has 1 aliphatic rings. The fourth-order valence-electron chi connectivity index (χ4n) is 4.71. The van der Waals surface area contributed by atoms with Crippen molar-refractivity contribution in [3.63, 3.8) is 0 Å². The molecule has 0 N–H and O–H groups in total. The number of hydrogen-bond donors (Lipinski definition) is 0. The lowest BCUT2D eigenvalue weighted by molar-refractivity contribution is -0.0826. The van der Waals surface area contributed by atoms with Gasteiger partial charge >= 0.3 is 0 Å². The van der Waals surface area contributed by atoms with Crippen LogP contribution in [0.4, 0.5) is 0 Å². The lowest BCUT2D eigenvalue weighted by Gasteiger charge is -2.39. The van der Waals surface area contributed by atoms with Crippen LogP contribution >= 0.6 is 0 Å². The van der Waals surface area contributed by atoms with Gasteiger partial charge < -0.3 is 9.47 Å². The smallest absolute Gasteiger partial charge is 0.120 e. The molecule has 3 nitrogen and oxygen atoms in total. The number of ether oxygens (including phenoxy) is 2. The van der Waals surface area contributed by atoms with Gasteiger partial charge in [-0.2, -0.15) is 0 Å². The van der Waals surface area contributed by atoms with Crippen molar-refractivity contribution in [1.29, 1.82) is 0 Å². The van der Waals surface area contributed by atoms with E-state index in [1.807, 2.05) is 0 Å². The van der Waals surface area contributed by atoms with E-state index in [0.717, 1.165) is 31.8 Å². The molecule has 1 aromatic rings. The van der Waals surface area contributed by atoms with E-state index in [2.05, 4.69) is 91.5 Å². The monoisotopic (exact) mass is 375 g/mol. The van der Waals surface area contributed by atoms with Crippen molar-refractivity contribution in [2.45, 2.75) is 92.0 Å². The predicted octanol–water partition coefficient (Wildman–Crippen LogP) is 5.67. The fraction of sp³-hybridized carbons (Fsp3) is 0.750. The highest BCUT2D eigenvalue weighted by Gasteiger charge is 2.30. The summed E-state index contributed by atoms with van der Waals surface area (Å²) in [6, 6.07) is 8.73. The molecule has 0 aliphatic carbocycles. The first kappa shape index (κ1) is 22.2. The van der Waals surface area contributed by atoms with Crippen molar-refractivity contribution >= 4 is 0 Å². The lowest BCUT2D eigenvalue weighted by Crippen LogP contribution is -2.51. The number of morpholine rings is 1. The molecular weight excluding hydrogens is 334 g/mol. The van der Waals surface area contributed by atoms with Crippen molar-refractivity contribution in [3.05, 3.63) is 29.8 Å². The van der Waals surface area contributed by atoms with Gasteiger partial charge in [0.05, 0.1) is 12.2 Å². The van der Waals surface area contributed by atoms with Crippen LogP contribution in [0.1, 0.15) is 74.3 Å². The molecular formula is C24H41NO2. The van der Waals surface area contributed by atoms with Crippen molar-refractivity contribution in [1.82, 2.24) is 4.90 Å². The zero-order chi connectivity index (χ0) is 20.5. The van der Waals surface area contributed by atoms with Crippen LogP contribution < -0.4 is 4.74 Å². The summed E-state index contributed by atoms with van der Waals surface area (Å²) >= 11 is 0. The molecule has 2 atom stereocenters. The van der Waals surface area contributed by atoms with Gasteiger partial charge in [0.2, 0.25) is 0 Å². The summed E-state index contributed by atoms with van der Waals surface area (Å²) in [5, 5.41) is 0. The number of rotatable bonds is 6. The summed E-state index contributed by atoms with van der Waals surface area (Å²) in [6.45, 7) is 23.1. The van der Waals surface area contributed by atoms with E-state index in [9.17, 15) is 0 Å². The highest BCUT2D eigenvalue weighted by Crippen LogP contribution is 2.37.